The molecule has 124 valence electrons. The third-order valence-electron chi connectivity index (χ3n) is 3.88. The molecule has 0 aliphatic rings. The first kappa shape index (κ1) is 18.9. The monoisotopic (exact) mass is 322 g/mol. The minimum Gasteiger partial charge on any atom is -0.352 e. The van der Waals surface area contributed by atoms with Crippen LogP contribution in [0.25, 0.3) is 0 Å². The van der Waals surface area contributed by atoms with E-state index in [1.165, 1.54) is 57.8 Å². The van der Waals surface area contributed by atoms with Gasteiger partial charge in [0.25, 0.3) is 5.91 Å². The molecule has 22 heavy (non-hydrogen) atoms. The second-order valence-corrected chi connectivity index (χ2v) is 6.26. The van der Waals surface area contributed by atoms with Gasteiger partial charge in [0.2, 0.25) is 0 Å². The Labute approximate surface area is 139 Å². The number of pyridine rings is 1. The fourth-order valence-electron chi connectivity index (χ4n) is 2.51. The van der Waals surface area contributed by atoms with Gasteiger partial charge in [-0.2, -0.15) is 0 Å². The van der Waals surface area contributed by atoms with Crippen molar-refractivity contribution in [3.63, 3.8) is 0 Å². The molecule has 0 unspecified atom stereocenters. The maximum absolute atomic E-state index is 11.9. The molecule has 1 rings (SSSR count). The summed E-state index contributed by atoms with van der Waals surface area (Å²) in [5, 5.41) is 2.94. The Morgan fingerprint density at radius 3 is 2.23 bits per heavy atom. The van der Waals surface area contributed by atoms with Crippen LogP contribution in [0.1, 0.15) is 81.5 Å². The lowest BCUT2D eigenvalue weighted by Crippen LogP contribution is -2.24. The number of aromatic amines is 1. The van der Waals surface area contributed by atoms with Crippen LogP contribution in [0.4, 0.5) is 0 Å². The van der Waals surface area contributed by atoms with Gasteiger partial charge < -0.3 is 10.3 Å². The Morgan fingerprint density at radius 2 is 1.64 bits per heavy atom. The summed E-state index contributed by atoms with van der Waals surface area (Å²) < 4.78 is 0.503. The number of aromatic nitrogens is 1. The van der Waals surface area contributed by atoms with E-state index in [9.17, 15) is 4.79 Å². The van der Waals surface area contributed by atoms with Gasteiger partial charge >= 0.3 is 0 Å². The number of rotatable bonds is 12. The number of carbonyl (C=O) groups is 1. The number of unbranched alkanes of at least 4 members (excludes halogenated alkanes) is 9. The number of H-pyrrole nitrogens is 1. The van der Waals surface area contributed by atoms with Crippen molar-refractivity contribution in [2.45, 2.75) is 71.1 Å². The maximum atomic E-state index is 11.9. The second kappa shape index (κ2) is 12.4. The smallest absolute Gasteiger partial charge is 0.254 e. The first-order chi connectivity index (χ1) is 10.8. The summed E-state index contributed by atoms with van der Waals surface area (Å²) >= 11 is 5.10. The van der Waals surface area contributed by atoms with Crippen LogP contribution in [0.2, 0.25) is 0 Å². The minimum absolute atomic E-state index is 0.0715. The van der Waals surface area contributed by atoms with Crippen LogP contribution in [-0.2, 0) is 0 Å². The Morgan fingerprint density at radius 1 is 1.05 bits per heavy atom. The predicted molar refractivity (Wildman–Crippen MR) is 95.8 cm³/mol. The van der Waals surface area contributed by atoms with Gasteiger partial charge in [-0.15, -0.1) is 0 Å². The molecule has 1 aromatic heterocycles. The molecule has 0 aliphatic heterocycles. The van der Waals surface area contributed by atoms with Crippen LogP contribution in [0, 0.1) is 4.64 Å². The van der Waals surface area contributed by atoms with Crippen molar-refractivity contribution in [2.75, 3.05) is 6.54 Å². The molecule has 1 aromatic rings. The molecule has 3 nitrogen and oxygen atoms in total. The Bertz CT molecular complexity index is 470. The first-order valence-corrected chi connectivity index (χ1v) is 9.12. The average molecular weight is 323 g/mol. The van der Waals surface area contributed by atoms with Crippen LogP contribution in [0.15, 0.2) is 18.3 Å². The highest BCUT2D eigenvalue weighted by molar-refractivity contribution is 7.71. The summed E-state index contributed by atoms with van der Waals surface area (Å²) in [6, 6.07) is 3.55. The van der Waals surface area contributed by atoms with Crippen molar-refractivity contribution in [1.29, 1.82) is 0 Å². The van der Waals surface area contributed by atoms with E-state index in [2.05, 4.69) is 17.2 Å². The molecule has 0 aromatic carbocycles. The van der Waals surface area contributed by atoms with Crippen molar-refractivity contribution in [3.8, 4) is 0 Å². The van der Waals surface area contributed by atoms with Crippen molar-refractivity contribution in [2.24, 2.45) is 0 Å². The van der Waals surface area contributed by atoms with Crippen LogP contribution in [0.5, 0.6) is 0 Å². The quantitative estimate of drug-likeness (QED) is 0.400. The van der Waals surface area contributed by atoms with Crippen LogP contribution in [0.3, 0.4) is 0 Å². The molecule has 2 N–H and O–H groups in total. The Kier molecular flexibility index (Phi) is 10.6. The summed E-state index contributed by atoms with van der Waals surface area (Å²) in [4.78, 5) is 14.8. The summed E-state index contributed by atoms with van der Waals surface area (Å²) in [7, 11) is 0. The van der Waals surface area contributed by atoms with Gasteiger partial charge in [0.15, 0.2) is 0 Å². The number of carbonyl (C=O) groups excluding carboxylic acids is 1. The van der Waals surface area contributed by atoms with Crippen molar-refractivity contribution in [1.82, 2.24) is 10.3 Å². The average Bonchev–Trinajstić information content (AvgIpc) is 2.53. The Hall–Kier alpha value is -1.16. The number of nitrogens with one attached hydrogen (secondary N) is 2. The van der Waals surface area contributed by atoms with Gasteiger partial charge in [-0.25, -0.2) is 0 Å². The standard InChI is InChI=1S/C18H30N2OS/c1-2-3-4-5-6-7-8-9-10-11-14-19-17(21)16-13-12-15-20-18(16)22/h12-13,15H,2-11,14H2,1H3,(H,19,21)(H,20,22). The molecular weight excluding hydrogens is 292 g/mol. The molecule has 1 amide bonds. The number of amides is 1. The molecule has 4 heteroatoms. The molecular formula is C18H30N2OS. The van der Waals surface area contributed by atoms with Gasteiger partial charge in [-0.1, -0.05) is 76.9 Å². The minimum atomic E-state index is -0.0715. The summed E-state index contributed by atoms with van der Waals surface area (Å²) in [6.07, 6.45) is 14.8. The fourth-order valence-corrected chi connectivity index (χ4v) is 2.74. The normalized spacial score (nSPS) is 10.6. The van der Waals surface area contributed by atoms with E-state index in [4.69, 9.17) is 12.2 Å². The van der Waals surface area contributed by atoms with Gasteiger partial charge in [0.05, 0.1) is 5.56 Å². The molecule has 0 atom stereocenters. The Balaban J connectivity index is 1.96. The highest BCUT2D eigenvalue weighted by atomic mass is 32.1. The first-order valence-electron chi connectivity index (χ1n) is 8.71. The lowest BCUT2D eigenvalue weighted by Gasteiger charge is -2.05. The predicted octanol–water partition coefficient (Wildman–Crippen LogP) is 5.39. The molecule has 0 saturated carbocycles. The van der Waals surface area contributed by atoms with E-state index >= 15 is 0 Å². The fraction of sp³-hybridized carbons (Fsp3) is 0.667. The van der Waals surface area contributed by atoms with Crippen molar-refractivity contribution < 1.29 is 4.79 Å². The van der Waals surface area contributed by atoms with E-state index in [0.717, 1.165) is 13.0 Å². The highest BCUT2D eigenvalue weighted by Gasteiger charge is 2.05. The molecule has 0 saturated heterocycles. The van der Waals surface area contributed by atoms with Crippen LogP contribution in [-0.4, -0.2) is 17.4 Å². The zero-order valence-corrected chi connectivity index (χ0v) is 14.6. The van der Waals surface area contributed by atoms with E-state index in [1.807, 2.05) is 0 Å². The zero-order chi connectivity index (χ0) is 16.0. The number of hydrogen-bond acceptors (Lipinski definition) is 2. The maximum Gasteiger partial charge on any atom is 0.254 e. The molecule has 0 radical (unpaired) electrons. The van der Waals surface area contributed by atoms with Crippen molar-refractivity contribution in [3.05, 3.63) is 28.5 Å². The summed E-state index contributed by atoms with van der Waals surface area (Å²) in [5.74, 6) is -0.0715. The SMILES string of the molecule is CCCCCCCCCCCCNC(=O)c1ccc[nH]c1=S. The third kappa shape index (κ3) is 8.32. The van der Waals surface area contributed by atoms with Gasteiger partial charge in [0, 0.05) is 12.7 Å². The van der Waals surface area contributed by atoms with Gasteiger partial charge in [0.1, 0.15) is 4.64 Å². The van der Waals surface area contributed by atoms with Crippen LogP contribution < -0.4 is 5.32 Å². The number of hydrogen-bond donors (Lipinski definition) is 2. The highest BCUT2D eigenvalue weighted by Crippen LogP contribution is 2.10. The molecule has 0 spiro atoms. The lowest BCUT2D eigenvalue weighted by atomic mass is 10.1. The van der Waals surface area contributed by atoms with E-state index in [1.54, 1.807) is 18.3 Å². The van der Waals surface area contributed by atoms with Crippen molar-refractivity contribution >= 4 is 18.1 Å². The zero-order valence-electron chi connectivity index (χ0n) is 13.8. The summed E-state index contributed by atoms with van der Waals surface area (Å²) in [6.45, 7) is 2.99. The molecule has 0 bridgehead atoms. The van der Waals surface area contributed by atoms with Gasteiger partial charge in [-0.3, -0.25) is 4.79 Å². The molecule has 1 heterocycles. The molecule has 0 fully saturated rings. The second-order valence-electron chi connectivity index (χ2n) is 5.85. The van der Waals surface area contributed by atoms with Gasteiger partial charge in [-0.05, 0) is 18.6 Å². The lowest BCUT2D eigenvalue weighted by molar-refractivity contribution is 0.0952. The van der Waals surface area contributed by atoms with E-state index in [-0.39, 0.29) is 5.91 Å². The largest absolute Gasteiger partial charge is 0.352 e. The van der Waals surface area contributed by atoms with E-state index < -0.39 is 0 Å². The summed E-state index contributed by atoms with van der Waals surface area (Å²) in [5.41, 5.74) is 0.560. The van der Waals surface area contributed by atoms with Crippen LogP contribution >= 0.6 is 12.2 Å². The third-order valence-corrected chi connectivity index (χ3v) is 4.22. The molecule has 0 aliphatic carbocycles. The van der Waals surface area contributed by atoms with E-state index in [0.29, 0.717) is 10.2 Å². The topological polar surface area (TPSA) is 44.9 Å².